The highest BCUT2D eigenvalue weighted by Crippen LogP contribution is 2.29. The van der Waals surface area contributed by atoms with Gasteiger partial charge >= 0.3 is 0 Å². The van der Waals surface area contributed by atoms with Gasteiger partial charge in [-0.15, -0.1) is 21.5 Å². The molecule has 0 saturated carbocycles. The topological polar surface area (TPSA) is 62.7 Å². The molecule has 0 unspecified atom stereocenters. The molecule has 0 bridgehead atoms. The maximum Gasteiger partial charge on any atom is 0.206 e. The molecule has 0 aliphatic heterocycles. The number of thiazole rings is 1. The highest BCUT2D eigenvalue weighted by molar-refractivity contribution is 8.00. The number of hydrogen-bond acceptors (Lipinski definition) is 8. The van der Waals surface area contributed by atoms with Crippen molar-refractivity contribution in [3.63, 3.8) is 0 Å². The van der Waals surface area contributed by atoms with E-state index in [-0.39, 0.29) is 0 Å². The minimum atomic E-state index is 0.797. The minimum Gasteiger partial charge on any atom is -0.363 e. The maximum atomic E-state index is 4.57. The molecule has 0 saturated heterocycles. The predicted octanol–water partition coefficient (Wildman–Crippen LogP) is 4.07. The van der Waals surface area contributed by atoms with Gasteiger partial charge in [-0.25, -0.2) is 4.98 Å². The Morgan fingerprint density at radius 1 is 1.14 bits per heavy atom. The van der Waals surface area contributed by atoms with Gasteiger partial charge in [0.2, 0.25) is 5.13 Å². The number of thioether (sulfide) groups is 1. The van der Waals surface area contributed by atoms with Crippen molar-refractivity contribution < 1.29 is 0 Å². The normalized spacial score (nSPS) is 10.5. The van der Waals surface area contributed by atoms with E-state index in [1.165, 1.54) is 0 Å². The SMILES string of the molecule is CNc1nnc(SCc2csc(Nc3ccccc3)n2)s1. The summed E-state index contributed by atoms with van der Waals surface area (Å²) >= 11 is 4.81. The lowest BCUT2D eigenvalue weighted by atomic mass is 10.3. The van der Waals surface area contributed by atoms with Crippen LogP contribution in [0.3, 0.4) is 0 Å². The molecule has 3 aromatic rings. The quantitative estimate of drug-likeness (QED) is 0.662. The number of hydrogen-bond donors (Lipinski definition) is 2. The number of nitrogens with one attached hydrogen (secondary N) is 2. The zero-order valence-corrected chi connectivity index (χ0v) is 13.7. The highest BCUT2D eigenvalue weighted by Gasteiger charge is 2.06. The van der Waals surface area contributed by atoms with Gasteiger partial charge in [0.1, 0.15) is 0 Å². The van der Waals surface area contributed by atoms with Gasteiger partial charge in [0.25, 0.3) is 0 Å². The van der Waals surface area contributed by atoms with E-state index in [0.29, 0.717) is 0 Å². The van der Waals surface area contributed by atoms with Gasteiger partial charge in [0.15, 0.2) is 9.47 Å². The molecule has 108 valence electrons. The summed E-state index contributed by atoms with van der Waals surface area (Å²) in [5.74, 6) is 0.797. The van der Waals surface area contributed by atoms with Gasteiger partial charge in [-0.3, -0.25) is 0 Å². The smallest absolute Gasteiger partial charge is 0.206 e. The highest BCUT2D eigenvalue weighted by atomic mass is 32.2. The van der Waals surface area contributed by atoms with Crippen LogP contribution in [-0.4, -0.2) is 22.2 Å². The lowest BCUT2D eigenvalue weighted by Crippen LogP contribution is -1.89. The molecular formula is C13H13N5S3. The third-order valence-corrected chi connectivity index (χ3v) is 5.45. The average Bonchev–Trinajstić information content (AvgIpc) is 3.15. The summed E-state index contributed by atoms with van der Waals surface area (Å²) in [6, 6.07) is 10.0. The fourth-order valence-electron chi connectivity index (χ4n) is 1.58. The van der Waals surface area contributed by atoms with Crippen LogP contribution in [0.5, 0.6) is 0 Å². The third-order valence-electron chi connectivity index (χ3n) is 2.54. The first-order valence-electron chi connectivity index (χ1n) is 6.24. The molecule has 1 aromatic carbocycles. The van der Waals surface area contributed by atoms with Gasteiger partial charge < -0.3 is 10.6 Å². The van der Waals surface area contributed by atoms with Crippen LogP contribution in [0.25, 0.3) is 0 Å². The van der Waals surface area contributed by atoms with Crippen molar-refractivity contribution in [3.8, 4) is 0 Å². The first-order valence-corrected chi connectivity index (χ1v) is 8.92. The first kappa shape index (κ1) is 14.3. The number of anilines is 3. The summed E-state index contributed by atoms with van der Waals surface area (Å²) in [4.78, 5) is 4.57. The van der Waals surface area contributed by atoms with Crippen molar-refractivity contribution in [2.45, 2.75) is 10.1 Å². The van der Waals surface area contributed by atoms with Gasteiger partial charge in [-0.1, -0.05) is 41.3 Å². The Morgan fingerprint density at radius 3 is 2.76 bits per heavy atom. The molecule has 0 atom stereocenters. The van der Waals surface area contributed by atoms with Crippen molar-refractivity contribution in [2.24, 2.45) is 0 Å². The molecule has 0 aliphatic carbocycles. The van der Waals surface area contributed by atoms with Gasteiger partial charge in [-0.2, -0.15) is 0 Å². The molecule has 2 aromatic heterocycles. The Morgan fingerprint density at radius 2 is 2.00 bits per heavy atom. The Balaban J connectivity index is 1.57. The van der Waals surface area contributed by atoms with Crippen molar-refractivity contribution >= 4 is 50.4 Å². The van der Waals surface area contributed by atoms with Crippen LogP contribution in [0, 0.1) is 0 Å². The summed E-state index contributed by atoms with van der Waals surface area (Å²) in [5.41, 5.74) is 2.10. The van der Waals surface area contributed by atoms with Crippen molar-refractivity contribution in [1.29, 1.82) is 0 Å². The van der Waals surface area contributed by atoms with Crippen LogP contribution >= 0.6 is 34.4 Å². The minimum absolute atomic E-state index is 0.797. The van der Waals surface area contributed by atoms with Crippen molar-refractivity contribution in [2.75, 3.05) is 17.7 Å². The number of rotatable bonds is 6. The average molecular weight is 335 g/mol. The molecule has 0 spiro atoms. The van der Waals surface area contributed by atoms with Crippen LogP contribution in [0.15, 0.2) is 40.1 Å². The Bertz CT molecular complexity index is 695. The van der Waals surface area contributed by atoms with E-state index in [2.05, 4.69) is 31.2 Å². The second-order valence-corrected chi connectivity index (χ2v) is 7.10. The molecular weight excluding hydrogens is 322 g/mol. The van der Waals surface area contributed by atoms with E-state index in [4.69, 9.17) is 0 Å². The monoisotopic (exact) mass is 335 g/mol. The Kier molecular flexibility index (Phi) is 4.69. The number of para-hydroxylation sites is 1. The van der Waals surface area contributed by atoms with Gasteiger partial charge in [0, 0.05) is 23.9 Å². The first-order chi connectivity index (χ1) is 10.3. The van der Waals surface area contributed by atoms with Crippen LogP contribution in [-0.2, 0) is 5.75 Å². The zero-order chi connectivity index (χ0) is 14.5. The summed E-state index contributed by atoms with van der Waals surface area (Å²) in [6.45, 7) is 0. The molecule has 0 fully saturated rings. The predicted molar refractivity (Wildman–Crippen MR) is 90.9 cm³/mol. The van der Waals surface area contributed by atoms with Gasteiger partial charge in [-0.05, 0) is 12.1 Å². The molecule has 0 aliphatic rings. The molecule has 21 heavy (non-hydrogen) atoms. The molecule has 3 rings (SSSR count). The van der Waals surface area contributed by atoms with Crippen molar-refractivity contribution in [3.05, 3.63) is 41.4 Å². The standard InChI is InChI=1S/C13H13N5S3/c1-14-11-17-18-13(21-11)20-8-10-7-19-12(16-10)15-9-5-3-2-4-6-9/h2-7H,8H2,1H3,(H,14,17)(H,15,16). The fourth-order valence-corrected chi connectivity index (χ4v) is 4.01. The second-order valence-electron chi connectivity index (χ2n) is 4.05. The van der Waals surface area contributed by atoms with E-state index in [1.54, 1.807) is 34.4 Å². The lowest BCUT2D eigenvalue weighted by molar-refractivity contribution is 1.01. The van der Waals surface area contributed by atoms with Crippen LogP contribution in [0.2, 0.25) is 0 Å². The third kappa shape index (κ3) is 3.93. The zero-order valence-electron chi connectivity index (χ0n) is 11.2. The molecule has 2 heterocycles. The van der Waals surface area contributed by atoms with Crippen LogP contribution in [0.4, 0.5) is 16.0 Å². The second kappa shape index (κ2) is 6.88. The molecule has 0 radical (unpaired) electrons. The van der Waals surface area contributed by atoms with E-state index in [0.717, 1.165) is 31.7 Å². The van der Waals surface area contributed by atoms with Crippen LogP contribution < -0.4 is 10.6 Å². The van der Waals surface area contributed by atoms with Crippen LogP contribution in [0.1, 0.15) is 5.69 Å². The number of aromatic nitrogens is 3. The maximum absolute atomic E-state index is 4.57. The summed E-state index contributed by atoms with van der Waals surface area (Å²) < 4.78 is 0.949. The molecule has 8 heteroatoms. The Labute approximate surface area is 134 Å². The lowest BCUT2D eigenvalue weighted by Gasteiger charge is -2.00. The number of benzene rings is 1. The number of nitrogens with zero attached hydrogens (tertiary/aromatic N) is 3. The van der Waals surface area contributed by atoms with Gasteiger partial charge in [0.05, 0.1) is 5.69 Å². The summed E-state index contributed by atoms with van der Waals surface area (Å²) in [6.07, 6.45) is 0. The van der Waals surface area contributed by atoms with E-state index in [1.807, 2.05) is 37.4 Å². The largest absolute Gasteiger partial charge is 0.363 e. The van der Waals surface area contributed by atoms with E-state index in [9.17, 15) is 0 Å². The Hall–Kier alpha value is -1.64. The molecule has 2 N–H and O–H groups in total. The molecule has 0 amide bonds. The molecule has 5 nitrogen and oxygen atoms in total. The van der Waals surface area contributed by atoms with E-state index < -0.39 is 0 Å². The van der Waals surface area contributed by atoms with Crippen molar-refractivity contribution in [1.82, 2.24) is 15.2 Å². The summed E-state index contributed by atoms with van der Waals surface area (Å²) in [5, 5.41) is 18.2. The van der Waals surface area contributed by atoms with E-state index >= 15 is 0 Å². The summed E-state index contributed by atoms with van der Waals surface area (Å²) in [7, 11) is 1.84. The fraction of sp³-hybridized carbons (Fsp3) is 0.154.